The fourth-order valence-electron chi connectivity index (χ4n) is 3.21. The molecule has 5 nitrogen and oxygen atoms in total. The molecule has 1 amide bonds. The van der Waals surface area contributed by atoms with Crippen LogP contribution in [-0.4, -0.2) is 10.9 Å². The van der Waals surface area contributed by atoms with Crippen molar-refractivity contribution in [1.82, 2.24) is 10.3 Å². The van der Waals surface area contributed by atoms with Crippen molar-refractivity contribution in [1.29, 1.82) is 0 Å². The second kappa shape index (κ2) is 8.44. The van der Waals surface area contributed by atoms with Gasteiger partial charge in [0.15, 0.2) is 11.6 Å². The quantitative estimate of drug-likeness (QED) is 0.520. The van der Waals surface area contributed by atoms with Crippen molar-refractivity contribution in [3.63, 3.8) is 0 Å². The lowest BCUT2D eigenvalue weighted by molar-refractivity contribution is 0.0951. The lowest BCUT2D eigenvalue weighted by Gasteiger charge is -2.10. The molecule has 0 atom stereocenters. The summed E-state index contributed by atoms with van der Waals surface area (Å²) in [6, 6.07) is 25.2. The van der Waals surface area contributed by atoms with Gasteiger partial charge in [0.25, 0.3) is 5.91 Å². The molecule has 3 N–H and O–H groups in total. The van der Waals surface area contributed by atoms with Gasteiger partial charge in [-0.15, -0.1) is 0 Å². The summed E-state index contributed by atoms with van der Waals surface area (Å²) < 4.78 is 5.72. The van der Waals surface area contributed by atoms with Crippen molar-refractivity contribution in [2.75, 3.05) is 5.73 Å². The van der Waals surface area contributed by atoms with E-state index >= 15 is 0 Å². The molecule has 4 aromatic rings. The summed E-state index contributed by atoms with van der Waals surface area (Å²) in [6.07, 6.45) is 1.61. The monoisotopic (exact) mass is 383 g/mol. The number of nitrogens with one attached hydrogen (secondary N) is 1. The number of ether oxygens (including phenoxy) is 1. The predicted octanol–water partition coefficient (Wildman–Crippen LogP) is 4.33. The summed E-state index contributed by atoms with van der Waals surface area (Å²) >= 11 is 0. The van der Waals surface area contributed by atoms with Crippen LogP contribution < -0.4 is 15.8 Å². The van der Waals surface area contributed by atoms with Gasteiger partial charge in [-0.1, -0.05) is 54.6 Å². The number of nitrogen functional groups attached to an aromatic ring is 1. The Bertz CT molecular complexity index is 1150. The highest BCUT2D eigenvalue weighted by atomic mass is 16.5. The zero-order valence-corrected chi connectivity index (χ0v) is 15.8. The van der Waals surface area contributed by atoms with Crippen LogP contribution in [0.15, 0.2) is 85.1 Å². The number of carbonyl (C=O) groups excluding carboxylic acids is 1. The third-order valence-corrected chi connectivity index (χ3v) is 4.70. The Hall–Kier alpha value is -3.86. The van der Waals surface area contributed by atoms with Gasteiger partial charge in [0.1, 0.15) is 6.61 Å². The number of hydrogen-bond donors (Lipinski definition) is 2. The van der Waals surface area contributed by atoms with E-state index in [-0.39, 0.29) is 5.91 Å². The van der Waals surface area contributed by atoms with E-state index in [0.717, 1.165) is 21.9 Å². The molecular weight excluding hydrogens is 362 g/mol. The average molecular weight is 383 g/mol. The Kier molecular flexibility index (Phi) is 5.38. The Morgan fingerprint density at radius 1 is 0.966 bits per heavy atom. The number of rotatable bonds is 6. The Morgan fingerprint density at radius 2 is 1.79 bits per heavy atom. The molecule has 0 radical (unpaired) electrons. The van der Waals surface area contributed by atoms with Gasteiger partial charge in [0, 0.05) is 18.3 Å². The van der Waals surface area contributed by atoms with Crippen LogP contribution in [0.5, 0.6) is 5.75 Å². The van der Waals surface area contributed by atoms with Crippen LogP contribution in [0.2, 0.25) is 0 Å². The number of hydrogen-bond acceptors (Lipinski definition) is 4. The molecule has 0 spiro atoms. The second-order valence-corrected chi connectivity index (χ2v) is 6.70. The Labute approximate surface area is 169 Å². The first-order valence-corrected chi connectivity index (χ1v) is 9.38. The number of aromatic nitrogens is 1. The highest BCUT2D eigenvalue weighted by Crippen LogP contribution is 2.20. The van der Waals surface area contributed by atoms with Gasteiger partial charge in [-0.3, -0.25) is 4.79 Å². The van der Waals surface area contributed by atoms with Crippen LogP contribution in [-0.2, 0) is 13.2 Å². The van der Waals surface area contributed by atoms with Crippen molar-refractivity contribution in [2.24, 2.45) is 0 Å². The standard InChI is InChI=1S/C24H21N3O2/c25-23-22(12-5-13-26-23)29-16-17-6-3-9-19(14-17)24(28)27-15-20-10-4-8-18-7-1-2-11-21(18)20/h1-14H,15-16H2,(H2,25,26)(H,27,28). The van der Waals surface area contributed by atoms with E-state index in [0.29, 0.717) is 30.3 Å². The summed E-state index contributed by atoms with van der Waals surface area (Å²) in [7, 11) is 0. The normalized spacial score (nSPS) is 10.6. The number of pyridine rings is 1. The van der Waals surface area contributed by atoms with Crippen LogP contribution in [0.3, 0.4) is 0 Å². The molecule has 29 heavy (non-hydrogen) atoms. The first-order valence-electron chi connectivity index (χ1n) is 9.38. The largest absolute Gasteiger partial charge is 0.485 e. The highest BCUT2D eigenvalue weighted by molar-refractivity contribution is 5.94. The van der Waals surface area contributed by atoms with Gasteiger partial charge in [-0.25, -0.2) is 4.98 Å². The summed E-state index contributed by atoms with van der Waals surface area (Å²) in [5, 5.41) is 5.31. The summed E-state index contributed by atoms with van der Waals surface area (Å²) in [5.74, 6) is 0.746. The smallest absolute Gasteiger partial charge is 0.251 e. The van der Waals surface area contributed by atoms with Crippen LogP contribution in [0.1, 0.15) is 21.5 Å². The number of benzene rings is 3. The zero-order chi connectivity index (χ0) is 20.1. The van der Waals surface area contributed by atoms with Crippen molar-refractivity contribution in [3.8, 4) is 5.75 Å². The van der Waals surface area contributed by atoms with Crippen LogP contribution in [0, 0.1) is 0 Å². The highest BCUT2D eigenvalue weighted by Gasteiger charge is 2.08. The molecule has 144 valence electrons. The Morgan fingerprint density at radius 3 is 2.69 bits per heavy atom. The average Bonchev–Trinajstić information content (AvgIpc) is 2.77. The molecule has 1 aromatic heterocycles. The van der Waals surface area contributed by atoms with Gasteiger partial charge < -0.3 is 15.8 Å². The molecule has 0 fully saturated rings. The molecule has 0 saturated carbocycles. The molecular formula is C24H21N3O2. The summed E-state index contributed by atoms with van der Waals surface area (Å²) in [6.45, 7) is 0.771. The summed E-state index contributed by atoms with van der Waals surface area (Å²) in [4.78, 5) is 16.7. The SMILES string of the molecule is Nc1ncccc1OCc1cccc(C(=O)NCc2cccc3ccccc23)c1. The molecule has 0 aliphatic heterocycles. The number of fused-ring (bicyclic) bond motifs is 1. The first kappa shape index (κ1) is 18.5. The molecule has 0 aliphatic carbocycles. The van der Waals surface area contributed by atoms with E-state index < -0.39 is 0 Å². The lowest BCUT2D eigenvalue weighted by atomic mass is 10.0. The van der Waals surface area contributed by atoms with Gasteiger partial charge in [-0.2, -0.15) is 0 Å². The molecule has 0 unspecified atom stereocenters. The van der Waals surface area contributed by atoms with Gasteiger partial charge in [0.05, 0.1) is 0 Å². The van der Waals surface area contributed by atoms with Crippen LogP contribution in [0.25, 0.3) is 10.8 Å². The van der Waals surface area contributed by atoms with Crippen molar-refractivity contribution in [3.05, 3.63) is 102 Å². The molecule has 5 heteroatoms. The lowest BCUT2D eigenvalue weighted by Crippen LogP contribution is -2.23. The van der Waals surface area contributed by atoms with Crippen LogP contribution >= 0.6 is 0 Å². The van der Waals surface area contributed by atoms with E-state index in [1.807, 2.05) is 42.5 Å². The number of carbonyl (C=O) groups is 1. The van der Waals surface area contributed by atoms with E-state index in [1.165, 1.54) is 0 Å². The zero-order valence-electron chi connectivity index (χ0n) is 15.8. The van der Waals surface area contributed by atoms with Crippen LogP contribution in [0.4, 0.5) is 5.82 Å². The number of nitrogens with two attached hydrogens (primary N) is 1. The van der Waals surface area contributed by atoms with Gasteiger partial charge >= 0.3 is 0 Å². The molecule has 0 saturated heterocycles. The third-order valence-electron chi connectivity index (χ3n) is 4.70. The fraction of sp³-hybridized carbons (Fsp3) is 0.0833. The minimum absolute atomic E-state index is 0.124. The van der Waals surface area contributed by atoms with Gasteiger partial charge in [0.2, 0.25) is 0 Å². The summed E-state index contributed by atoms with van der Waals surface area (Å²) in [5.41, 5.74) is 8.35. The number of amides is 1. The maximum Gasteiger partial charge on any atom is 0.251 e. The van der Waals surface area contributed by atoms with Crippen molar-refractivity contribution >= 4 is 22.5 Å². The van der Waals surface area contributed by atoms with E-state index in [1.54, 1.807) is 24.4 Å². The second-order valence-electron chi connectivity index (χ2n) is 6.70. The minimum Gasteiger partial charge on any atom is -0.485 e. The minimum atomic E-state index is -0.124. The molecule has 1 heterocycles. The van der Waals surface area contributed by atoms with Gasteiger partial charge in [-0.05, 0) is 46.2 Å². The number of nitrogens with zero attached hydrogens (tertiary/aromatic N) is 1. The first-order chi connectivity index (χ1) is 14.2. The third kappa shape index (κ3) is 4.35. The van der Waals surface area contributed by atoms with E-state index in [9.17, 15) is 4.79 Å². The number of anilines is 1. The molecule has 0 aliphatic rings. The van der Waals surface area contributed by atoms with Crippen molar-refractivity contribution < 1.29 is 9.53 Å². The molecule has 0 bridgehead atoms. The molecule has 3 aromatic carbocycles. The topological polar surface area (TPSA) is 77.2 Å². The van der Waals surface area contributed by atoms with E-state index in [2.05, 4.69) is 28.5 Å². The van der Waals surface area contributed by atoms with E-state index in [4.69, 9.17) is 10.5 Å². The maximum absolute atomic E-state index is 12.7. The maximum atomic E-state index is 12.7. The Balaban J connectivity index is 1.42. The molecule has 4 rings (SSSR count). The predicted molar refractivity (Wildman–Crippen MR) is 115 cm³/mol. The van der Waals surface area contributed by atoms with Crippen molar-refractivity contribution in [2.45, 2.75) is 13.2 Å². The fourth-order valence-corrected chi connectivity index (χ4v) is 3.21.